The van der Waals surface area contributed by atoms with Gasteiger partial charge in [0, 0.05) is 30.6 Å². The normalized spacial score (nSPS) is 17.1. The van der Waals surface area contributed by atoms with Gasteiger partial charge in [-0.05, 0) is 19.2 Å². The van der Waals surface area contributed by atoms with Gasteiger partial charge in [0.1, 0.15) is 0 Å². The second kappa shape index (κ2) is 9.24. The largest absolute Gasteiger partial charge is 0.339 e. The van der Waals surface area contributed by atoms with E-state index in [4.69, 9.17) is 4.52 Å². The predicted molar refractivity (Wildman–Crippen MR) is 109 cm³/mol. The van der Waals surface area contributed by atoms with E-state index in [0.717, 1.165) is 25.3 Å². The molecule has 0 aliphatic carbocycles. The van der Waals surface area contributed by atoms with Crippen molar-refractivity contribution in [2.45, 2.75) is 12.5 Å². The van der Waals surface area contributed by atoms with Gasteiger partial charge < -0.3 is 9.84 Å². The van der Waals surface area contributed by atoms with Gasteiger partial charge in [0.2, 0.25) is 5.89 Å². The Bertz CT molecular complexity index is 916. The number of anilines is 1. The molecule has 1 aliphatic heterocycles. The van der Waals surface area contributed by atoms with Crippen molar-refractivity contribution in [1.82, 2.24) is 25.3 Å². The zero-order chi connectivity index (χ0) is 18.6. The monoisotopic (exact) mass is 420 g/mol. The Morgan fingerprint density at radius 1 is 1.36 bits per heavy atom. The number of amides is 1. The summed E-state index contributed by atoms with van der Waals surface area (Å²) >= 11 is 1.38. The van der Waals surface area contributed by atoms with Crippen molar-refractivity contribution in [3.8, 4) is 0 Å². The first-order chi connectivity index (χ1) is 13.2. The third kappa shape index (κ3) is 4.74. The van der Waals surface area contributed by atoms with Gasteiger partial charge in [0.25, 0.3) is 5.91 Å². The second-order valence-corrected chi connectivity index (χ2v) is 7.25. The van der Waals surface area contributed by atoms with Gasteiger partial charge in [-0.1, -0.05) is 23.4 Å². The maximum Gasteiger partial charge on any atom is 0.257 e. The summed E-state index contributed by atoms with van der Waals surface area (Å²) in [5.74, 6) is 1.03. The van der Waals surface area contributed by atoms with Crippen LogP contribution in [0.2, 0.25) is 0 Å². The van der Waals surface area contributed by atoms with Gasteiger partial charge in [-0.3, -0.25) is 15.0 Å². The minimum absolute atomic E-state index is 0. The minimum Gasteiger partial charge on any atom is -0.339 e. The maximum atomic E-state index is 12.2. The van der Waals surface area contributed by atoms with Gasteiger partial charge in [-0.25, -0.2) is 4.98 Å². The van der Waals surface area contributed by atoms with E-state index in [-0.39, 0.29) is 24.4 Å². The van der Waals surface area contributed by atoms with Crippen LogP contribution >= 0.6 is 23.7 Å². The van der Waals surface area contributed by atoms with E-state index in [1.807, 2.05) is 23.6 Å². The Morgan fingerprint density at radius 3 is 2.96 bits per heavy atom. The molecule has 0 bridgehead atoms. The lowest BCUT2D eigenvalue weighted by Crippen LogP contribution is -2.44. The molecule has 8 nitrogen and oxygen atoms in total. The number of rotatable bonds is 5. The molecule has 0 saturated carbocycles. The number of aromatic nitrogens is 3. The fourth-order valence-electron chi connectivity index (χ4n) is 2.93. The van der Waals surface area contributed by atoms with E-state index in [2.05, 4.69) is 37.7 Å². The van der Waals surface area contributed by atoms with Crippen LogP contribution in [0, 0.1) is 0 Å². The molecule has 1 aliphatic rings. The van der Waals surface area contributed by atoms with Crippen LogP contribution in [-0.2, 0) is 6.42 Å². The second-order valence-electron chi connectivity index (χ2n) is 6.39. The molecule has 10 heteroatoms. The number of piperazine rings is 1. The lowest BCUT2D eigenvalue weighted by atomic mass is 10.2. The van der Waals surface area contributed by atoms with E-state index in [9.17, 15) is 4.79 Å². The van der Waals surface area contributed by atoms with E-state index in [1.54, 1.807) is 12.1 Å². The molecule has 2 N–H and O–H groups in total. The number of hydrogen-bond acceptors (Lipinski definition) is 8. The Labute approximate surface area is 172 Å². The Morgan fingerprint density at radius 2 is 2.18 bits per heavy atom. The number of likely N-dealkylation sites (N-methyl/N-ethyl adjacent to an activating group) is 1. The smallest absolute Gasteiger partial charge is 0.257 e. The Kier molecular flexibility index (Phi) is 6.74. The van der Waals surface area contributed by atoms with Crippen LogP contribution < -0.4 is 10.6 Å². The SMILES string of the molecule is CN1CCNCC1c1noc(Cc2csc(NC(=O)c3ccccc3)n2)n1.Cl. The molecule has 148 valence electrons. The first-order valence-electron chi connectivity index (χ1n) is 8.73. The maximum absolute atomic E-state index is 12.2. The highest BCUT2D eigenvalue weighted by molar-refractivity contribution is 7.14. The molecule has 2 aromatic heterocycles. The molecule has 0 spiro atoms. The number of nitrogens with one attached hydrogen (secondary N) is 2. The average Bonchev–Trinajstić information content (AvgIpc) is 3.33. The van der Waals surface area contributed by atoms with Gasteiger partial charge in [-0.2, -0.15) is 4.98 Å². The van der Waals surface area contributed by atoms with Gasteiger partial charge >= 0.3 is 0 Å². The Balaban J connectivity index is 0.00000225. The molecule has 0 radical (unpaired) electrons. The number of nitrogens with zero attached hydrogens (tertiary/aromatic N) is 4. The number of thiazole rings is 1. The number of benzene rings is 1. The molecule has 3 aromatic rings. The van der Waals surface area contributed by atoms with E-state index in [0.29, 0.717) is 28.8 Å². The summed E-state index contributed by atoms with van der Waals surface area (Å²) in [4.78, 5) is 23.4. The summed E-state index contributed by atoms with van der Waals surface area (Å²) in [6.45, 7) is 2.72. The van der Waals surface area contributed by atoms with Crippen molar-refractivity contribution >= 4 is 34.8 Å². The van der Waals surface area contributed by atoms with Crippen molar-refractivity contribution in [2.24, 2.45) is 0 Å². The van der Waals surface area contributed by atoms with Crippen LogP contribution in [0.25, 0.3) is 0 Å². The van der Waals surface area contributed by atoms with Crippen molar-refractivity contribution in [2.75, 3.05) is 32.0 Å². The molecular formula is C18H21ClN6O2S. The predicted octanol–water partition coefficient (Wildman–Crippen LogP) is 2.37. The molecule has 1 aromatic carbocycles. The number of carbonyl (C=O) groups is 1. The van der Waals surface area contributed by atoms with Crippen molar-refractivity contribution in [1.29, 1.82) is 0 Å². The molecule has 1 atom stereocenters. The van der Waals surface area contributed by atoms with Crippen molar-refractivity contribution in [3.05, 3.63) is 58.7 Å². The number of hydrogen-bond donors (Lipinski definition) is 2. The molecule has 28 heavy (non-hydrogen) atoms. The van der Waals surface area contributed by atoms with E-state index >= 15 is 0 Å². The minimum atomic E-state index is -0.176. The molecular weight excluding hydrogens is 400 g/mol. The summed E-state index contributed by atoms with van der Waals surface area (Å²) in [6, 6.07) is 9.18. The first-order valence-corrected chi connectivity index (χ1v) is 9.61. The quantitative estimate of drug-likeness (QED) is 0.654. The lowest BCUT2D eigenvalue weighted by Gasteiger charge is -2.30. The molecule has 3 heterocycles. The molecule has 1 unspecified atom stereocenters. The van der Waals surface area contributed by atoms with E-state index in [1.165, 1.54) is 11.3 Å². The average molecular weight is 421 g/mol. The summed E-state index contributed by atoms with van der Waals surface area (Å²) < 4.78 is 5.39. The zero-order valence-corrected chi connectivity index (χ0v) is 16.9. The fourth-order valence-corrected chi connectivity index (χ4v) is 3.63. The zero-order valence-electron chi connectivity index (χ0n) is 15.3. The highest BCUT2D eigenvalue weighted by Gasteiger charge is 2.25. The topological polar surface area (TPSA) is 96.2 Å². The van der Waals surface area contributed by atoms with E-state index < -0.39 is 0 Å². The van der Waals surface area contributed by atoms with Crippen molar-refractivity contribution in [3.63, 3.8) is 0 Å². The summed E-state index contributed by atoms with van der Waals surface area (Å²) in [6.07, 6.45) is 0.439. The molecule has 1 saturated heterocycles. The van der Waals surface area contributed by atoms with Crippen LogP contribution in [0.5, 0.6) is 0 Å². The molecule has 1 amide bonds. The van der Waals surface area contributed by atoms with Crippen LogP contribution in [0.1, 0.15) is 33.8 Å². The van der Waals surface area contributed by atoms with Crippen LogP contribution in [0.15, 0.2) is 40.2 Å². The standard InChI is InChI=1S/C18H20N6O2S.ClH/c1-24-8-7-19-10-14(24)16-21-15(26-23-16)9-13-11-27-18(20-13)22-17(25)12-5-3-2-4-6-12;/h2-6,11,14,19H,7-10H2,1H3,(H,20,22,25);1H. The highest BCUT2D eigenvalue weighted by Crippen LogP contribution is 2.21. The van der Waals surface area contributed by atoms with Gasteiger partial charge in [0.05, 0.1) is 18.2 Å². The van der Waals surface area contributed by atoms with Crippen LogP contribution in [-0.4, -0.2) is 52.6 Å². The van der Waals surface area contributed by atoms with Crippen LogP contribution in [0.4, 0.5) is 5.13 Å². The summed E-state index contributed by atoms with van der Waals surface area (Å²) in [5.41, 5.74) is 1.38. The Hall–Kier alpha value is -2.33. The summed E-state index contributed by atoms with van der Waals surface area (Å²) in [5, 5.41) is 12.7. The lowest BCUT2D eigenvalue weighted by molar-refractivity contribution is 0.102. The van der Waals surface area contributed by atoms with Crippen molar-refractivity contribution < 1.29 is 9.32 Å². The summed E-state index contributed by atoms with van der Waals surface area (Å²) in [7, 11) is 2.06. The highest BCUT2D eigenvalue weighted by atomic mass is 35.5. The first kappa shape index (κ1) is 20.4. The van der Waals surface area contributed by atoms with Gasteiger partial charge in [-0.15, -0.1) is 23.7 Å². The fraction of sp³-hybridized carbons (Fsp3) is 0.333. The number of carbonyl (C=O) groups excluding carboxylic acids is 1. The van der Waals surface area contributed by atoms with Crippen LogP contribution in [0.3, 0.4) is 0 Å². The molecule has 1 fully saturated rings. The van der Waals surface area contributed by atoms with Gasteiger partial charge in [0.15, 0.2) is 11.0 Å². The molecule has 4 rings (SSSR count). The third-order valence-electron chi connectivity index (χ3n) is 4.43. The number of halogens is 1. The third-order valence-corrected chi connectivity index (χ3v) is 5.24.